The van der Waals surface area contributed by atoms with Crippen LogP contribution in [0.25, 0.3) is 22.6 Å². The molecular weight excluding hydrogens is 294 g/mol. The molecule has 1 aromatic heterocycles. The molecule has 0 saturated carbocycles. The number of amides is 1. The molecule has 1 amide bonds. The molecule has 0 atom stereocenters. The van der Waals surface area contributed by atoms with Gasteiger partial charge in [-0.3, -0.25) is 14.9 Å². The van der Waals surface area contributed by atoms with Crippen LogP contribution in [0.5, 0.6) is 0 Å². The average Bonchev–Trinajstić information content (AvgIpc) is 3.09. The van der Waals surface area contributed by atoms with Crippen molar-refractivity contribution >= 4 is 39.8 Å². The van der Waals surface area contributed by atoms with Crippen LogP contribution in [0.1, 0.15) is 11.1 Å². The first-order chi connectivity index (χ1) is 11.1. The Labute approximate surface area is 130 Å². The van der Waals surface area contributed by atoms with E-state index >= 15 is 0 Å². The van der Waals surface area contributed by atoms with E-state index in [2.05, 4.69) is 10.3 Å². The van der Waals surface area contributed by atoms with Crippen LogP contribution < -0.4 is 5.32 Å². The lowest BCUT2D eigenvalue weighted by atomic mass is 10.0. The van der Waals surface area contributed by atoms with Gasteiger partial charge in [-0.1, -0.05) is 18.2 Å². The number of rotatable bonds is 2. The molecule has 23 heavy (non-hydrogen) atoms. The Hall–Kier alpha value is -3.41. The molecule has 0 saturated heterocycles. The number of aromatic nitrogens is 1. The number of non-ortho nitro benzene ring substituents is 1. The number of fused-ring (bicyclic) bond motifs is 2. The molecule has 3 aromatic rings. The largest absolute Gasteiger partial charge is 0.361 e. The van der Waals surface area contributed by atoms with E-state index in [4.69, 9.17) is 0 Å². The smallest absolute Gasteiger partial charge is 0.270 e. The second-order valence-corrected chi connectivity index (χ2v) is 5.29. The Morgan fingerprint density at radius 3 is 2.78 bits per heavy atom. The number of anilines is 1. The van der Waals surface area contributed by atoms with Gasteiger partial charge in [0.05, 0.1) is 4.92 Å². The van der Waals surface area contributed by atoms with Crippen LogP contribution in [-0.4, -0.2) is 15.8 Å². The molecule has 1 aliphatic heterocycles. The molecule has 6 nitrogen and oxygen atoms in total. The zero-order valence-electron chi connectivity index (χ0n) is 11.9. The van der Waals surface area contributed by atoms with Gasteiger partial charge in [0, 0.05) is 51.6 Å². The molecule has 0 bridgehead atoms. The summed E-state index contributed by atoms with van der Waals surface area (Å²) in [6.07, 6.45) is 3.57. The van der Waals surface area contributed by atoms with Gasteiger partial charge in [-0.2, -0.15) is 0 Å². The highest BCUT2D eigenvalue weighted by Crippen LogP contribution is 2.36. The molecule has 0 spiro atoms. The molecule has 2 N–H and O–H groups in total. The number of carbonyl (C=O) groups is 1. The lowest BCUT2D eigenvalue weighted by Crippen LogP contribution is -2.03. The lowest BCUT2D eigenvalue weighted by Gasteiger charge is -1.99. The topological polar surface area (TPSA) is 88.0 Å². The lowest BCUT2D eigenvalue weighted by molar-refractivity contribution is -0.384. The standard InChI is InChI=1S/C17H11N3O3/c21-17-14(7-10-9-18-15-4-2-1-3-12(10)15)13-8-11(20(22)23)5-6-16(13)19-17/h1-9,18H,(H,19,21)/b14-7+. The Bertz CT molecular complexity index is 1000. The number of para-hydroxylation sites is 1. The summed E-state index contributed by atoms with van der Waals surface area (Å²) >= 11 is 0. The second-order valence-electron chi connectivity index (χ2n) is 5.29. The Morgan fingerprint density at radius 2 is 1.96 bits per heavy atom. The third kappa shape index (κ3) is 2.08. The van der Waals surface area contributed by atoms with Crippen molar-refractivity contribution in [3.8, 4) is 0 Å². The number of H-pyrrole nitrogens is 1. The fourth-order valence-corrected chi connectivity index (χ4v) is 2.80. The molecule has 112 valence electrons. The number of nitro benzene ring substituents is 1. The highest BCUT2D eigenvalue weighted by Gasteiger charge is 2.26. The third-order valence-electron chi connectivity index (χ3n) is 3.92. The number of benzene rings is 2. The van der Waals surface area contributed by atoms with Gasteiger partial charge >= 0.3 is 0 Å². The molecule has 2 aromatic carbocycles. The van der Waals surface area contributed by atoms with Crippen molar-refractivity contribution in [1.82, 2.24) is 4.98 Å². The zero-order chi connectivity index (χ0) is 16.0. The summed E-state index contributed by atoms with van der Waals surface area (Å²) in [5.74, 6) is -0.259. The second kappa shape index (κ2) is 4.81. The van der Waals surface area contributed by atoms with Crippen molar-refractivity contribution < 1.29 is 9.72 Å². The normalized spacial score (nSPS) is 15.0. The van der Waals surface area contributed by atoms with Crippen LogP contribution in [0, 0.1) is 10.1 Å². The molecule has 4 rings (SSSR count). The third-order valence-corrected chi connectivity index (χ3v) is 3.92. The maximum Gasteiger partial charge on any atom is 0.270 e. The van der Waals surface area contributed by atoms with E-state index in [-0.39, 0.29) is 11.6 Å². The van der Waals surface area contributed by atoms with Crippen molar-refractivity contribution in [2.75, 3.05) is 5.32 Å². The minimum absolute atomic E-state index is 0.0370. The maximum absolute atomic E-state index is 12.2. The molecule has 0 fully saturated rings. The molecule has 2 heterocycles. The van der Waals surface area contributed by atoms with Crippen LogP contribution in [0.15, 0.2) is 48.7 Å². The predicted octanol–water partition coefficient (Wildman–Crippen LogP) is 3.57. The summed E-state index contributed by atoms with van der Waals surface area (Å²) in [5, 5.41) is 14.7. The first kappa shape index (κ1) is 13.3. The van der Waals surface area contributed by atoms with Gasteiger partial charge in [0.25, 0.3) is 11.6 Å². The molecule has 1 aliphatic rings. The van der Waals surface area contributed by atoms with Gasteiger partial charge in [-0.25, -0.2) is 0 Å². The number of nitrogens with one attached hydrogen (secondary N) is 2. The highest BCUT2D eigenvalue weighted by atomic mass is 16.6. The number of nitrogens with zero attached hydrogens (tertiary/aromatic N) is 1. The number of hydrogen-bond acceptors (Lipinski definition) is 3. The summed E-state index contributed by atoms with van der Waals surface area (Å²) in [4.78, 5) is 25.9. The van der Waals surface area contributed by atoms with E-state index in [0.717, 1.165) is 16.5 Å². The van der Waals surface area contributed by atoms with Crippen LogP contribution in [0.4, 0.5) is 11.4 Å². The molecular formula is C17H11N3O3. The number of carbonyl (C=O) groups excluding carboxylic acids is 1. The Kier molecular flexibility index (Phi) is 2.77. The fourth-order valence-electron chi connectivity index (χ4n) is 2.80. The van der Waals surface area contributed by atoms with Gasteiger partial charge in [0.1, 0.15) is 0 Å². The van der Waals surface area contributed by atoms with E-state index in [9.17, 15) is 14.9 Å². The van der Waals surface area contributed by atoms with Crippen molar-refractivity contribution in [2.24, 2.45) is 0 Å². The van der Waals surface area contributed by atoms with E-state index in [0.29, 0.717) is 16.8 Å². The van der Waals surface area contributed by atoms with Crippen molar-refractivity contribution in [3.05, 3.63) is 69.9 Å². The van der Waals surface area contributed by atoms with E-state index in [1.54, 1.807) is 12.1 Å². The van der Waals surface area contributed by atoms with Crippen LogP contribution in [0.2, 0.25) is 0 Å². The summed E-state index contributed by atoms with van der Waals surface area (Å²) in [6.45, 7) is 0. The zero-order valence-corrected chi connectivity index (χ0v) is 11.9. The maximum atomic E-state index is 12.2. The van der Waals surface area contributed by atoms with E-state index in [1.165, 1.54) is 12.1 Å². The van der Waals surface area contributed by atoms with Crippen LogP contribution in [-0.2, 0) is 4.79 Å². The number of hydrogen-bond donors (Lipinski definition) is 2. The van der Waals surface area contributed by atoms with E-state index in [1.807, 2.05) is 30.5 Å². The van der Waals surface area contributed by atoms with Gasteiger partial charge in [-0.05, 0) is 18.2 Å². The summed E-state index contributed by atoms with van der Waals surface area (Å²) in [6, 6.07) is 12.1. The van der Waals surface area contributed by atoms with Gasteiger partial charge in [0.2, 0.25) is 0 Å². The summed E-state index contributed by atoms with van der Waals surface area (Å²) < 4.78 is 0. The van der Waals surface area contributed by atoms with Crippen molar-refractivity contribution in [1.29, 1.82) is 0 Å². The summed E-state index contributed by atoms with van der Waals surface area (Å²) in [7, 11) is 0. The van der Waals surface area contributed by atoms with Gasteiger partial charge < -0.3 is 10.3 Å². The molecule has 0 aliphatic carbocycles. The van der Waals surface area contributed by atoms with Crippen molar-refractivity contribution in [2.45, 2.75) is 0 Å². The minimum atomic E-state index is -0.466. The monoisotopic (exact) mass is 305 g/mol. The minimum Gasteiger partial charge on any atom is -0.361 e. The fraction of sp³-hybridized carbons (Fsp3) is 0. The van der Waals surface area contributed by atoms with Gasteiger partial charge in [-0.15, -0.1) is 0 Å². The van der Waals surface area contributed by atoms with Crippen LogP contribution in [0.3, 0.4) is 0 Å². The van der Waals surface area contributed by atoms with Crippen molar-refractivity contribution in [3.63, 3.8) is 0 Å². The SMILES string of the molecule is O=C1Nc2ccc([N+](=O)[O-])cc2/C1=C\c1c[nH]c2ccccc12. The first-order valence-corrected chi connectivity index (χ1v) is 7.01. The number of aromatic amines is 1. The Morgan fingerprint density at radius 1 is 1.13 bits per heavy atom. The summed E-state index contributed by atoms with van der Waals surface area (Å²) in [5.41, 5.74) is 3.36. The average molecular weight is 305 g/mol. The van der Waals surface area contributed by atoms with Crippen LogP contribution >= 0.6 is 0 Å². The quantitative estimate of drug-likeness (QED) is 0.431. The molecule has 0 unspecified atom stereocenters. The molecule has 6 heteroatoms. The first-order valence-electron chi connectivity index (χ1n) is 7.01. The van der Waals surface area contributed by atoms with E-state index < -0.39 is 4.92 Å². The molecule has 0 radical (unpaired) electrons. The Balaban J connectivity index is 1.88. The van der Waals surface area contributed by atoms with Gasteiger partial charge in [0.15, 0.2) is 0 Å². The number of nitro groups is 1. The highest BCUT2D eigenvalue weighted by molar-refractivity contribution is 6.35. The predicted molar refractivity (Wildman–Crippen MR) is 87.9 cm³/mol.